The molecule has 1 N–H and O–H groups in total. The Labute approximate surface area is 133 Å². The molecule has 2 aliphatic rings. The Morgan fingerprint density at radius 2 is 2.05 bits per heavy atom. The maximum absolute atomic E-state index is 12.4. The van der Waals surface area contributed by atoms with Gasteiger partial charge in [0, 0.05) is 26.1 Å². The van der Waals surface area contributed by atoms with Crippen molar-refractivity contribution in [1.29, 1.82) is 0 Å². The van der Waals surface area contributed by atoms with Crippen LogP contribution in [-0.2, 0) is 9.59 Å². The van der Waals surface area contributed by atoms with E-state index in [2.05, 4.69) is 5.32 Å². The summed E-state index contributed by atoms with van der Waals surface area (Å²) in [6.45, 7) is 3.68. The molecule has 0 aromatic carbocycles. The van der Waals surface area contributed by atoms with Gasteiger partial charge in [0.2, 0.25) is 11.8 Å². The van der Waals surface area contributed by atoms with Gasteiger partial charge < -0.3 is 15.1 Å². The number of carbonyl (C=O) groups is 2. The third-order valence-electron chi connectivity index (χ3n) is 4.36. The highest BCUT2D eigenvalue weighted by atomic mass is 35.5. The van der Waals surface area contributed by atoms with Gasteiger partial charge in [-0.2, -0.15) is 0 Å². The molecule has 2 rings (SSSR count). The molecule has 0 aromatic heterocycles. The summed E-state index contributed by atoms with van der Waals surface area (Å²) < 4.78 is 0. The quantitative estimate of drug-likeness (QED) is 0.849. The van der Waals surface area contributed by atoms with Crippen LogP contribution in [-0.4, -0.2) is 61.4 Å². The summed E-state index contributed by atoms with van der Waals surface area (Å²) >= 11 is 0. The molecule has 5 nitrogen and oxygen atoms in total. The molecular weight excluding hydrogens is 290 g/mol. The maximum Gasteiger partial charge on any atom is 0.242 e. The first-order chi connectivity index (χ1) is 9.70. The second-order valence-corrected chi connectivity index (χ2v) is 6.03. The summed E-state index contributed by atoms with van der Waals surface area (Å²) in [6, 6.07) is 0. The number of halogens is 1. The lowest BCUT2D eigenvalue weighted by atomic mass is 9.98. The number of likely N-dealkylation sites (tertiary alicyclic amines) is 2. The molecule has 6 heteroatoms. The minimum absolute atomic E-state index is 0. The molecule has 2 heterocycles. The van der Waals surface area contributed by atoms with Crippen LogP contribution in [0.25, 0.3) is 0 Å². The molecule has 1 unspecified atom stereocenters. The Balaban J connectivity index is 0.00000220. The third kappa shape index (κ3) is 5.47. The monoisotopic (exact) mass is 317 g/mol. The minimum atomic E-state index is 0. The zero-order valence-corrected chi connectivity index (χ0v) is 13.8. The first-order valence-corrected chi connectivity index (χ1v) is 7.91. The molecule has 2 saturated heterocycles. The molecule has 21 heavy (non-hydrogen) atoms. The number of hydrogen-bond acceptors (Lipinski definition) is 3. The van der Waals surface area contributed by atoms with E-state index in [4.69, 9.17) is 0 Å². The summed E-state index contributed by atoms with van der Waals surface area (Å²) in [6.07, 6.45) is 5.97. The van der Waals surface area contributed by atoms with E-state index in [1.165, 1.54) is 6.42 Å². The fraction of sp³-hybridized carbons (Fsp3) is 0.867. The summed E-state index contributed by atoms with van der Waals surface area (Å²) in [7, 11) is 1.96. The Hall–Kier alpha value is -0.810. The third-order valence-corrected chi connectivity index (χ3v) is 4.36. The van der Waals surface area contributed by atoms with Gasteiger partial charge in [-0.3, -0.25) is 9.59 Å². The van der Waals surface area contributed by atoms with Crippen LogP contribution in [0, 0.1) is 5.92 Å². The van der Waals surface area contributed by atoms with Crippen LogP contribution < -0.4 is 5.32 Å². The average molecular weight is 318 g/mol. The zero-order chi connectivity index (χ0) is 14.4. The van der Waals surface area contributed by atoms with Crippen LogP contribution >= 0.6 is 12.4 Å². The van der Waals surface area contributed by atoms with Gasteiger partial charge in [0.05, 0.1) is 6.54 Å². The van der Waals surface area contributed by atoms with Gasteiger partial charge in [-0.1, -0.05) is 6.42 Å². The van der Waals surface area contributed by atoms with Crippen LogP contribution in [0.3, 0.4) is 0 Å². The van der Waals surface area contributed by atoms with Crippen molar-refractivity contribution in [2.45, 2.75) is 38.5 Å². The number of hydrogen-bond donors (Lipinski definition) is 1. The van der Waals surface area contributed by atoms with Gasteiger partial charge >= 0.3 is 0 Å². The van der Waals surface area contributed by atoms with Crippen molar-refractivity contribution in [2.75, 3.05) is 39.8 Å². The van der Waals surface area contributed by atoms with Gasteiger partial charge in [-0.25, -0.2) is 0 Å². The smallest absolute Gasteiger partial charge is 0.242 e. The van der Waals surface area contributed by atoms with E-state index in [1.54, 1.807) is 4.90 Å². The molecule has 0 radical (unpaired) electrons. The Bertz CT molecular complexity index is 350. The van der Waals surface area contributed by atoms with Gasteiger partial charge in [0.15, 0.2) is 0 Å². The van der Waals surface area contributed by atoms with E-state index in [0.29, 0.717) is 12.3 Å². The van der Waals surface area contributed by atoms with Crippen molar-refractivity contribution in [1.82, 2.24) is 15.1 Å². The first kappa shape index (κ1) is 18.2. The van der Waals surface area contributed by atoms with Crippen molar-refractivity contribution >= 4 is 24.2 Å². The number of nitrogens with one attached hydrogen (secondary N) is 1. The summed E-state index contributed by atoms with van der Waals surface area (Å²) in [4.78, 5) is 28.0. The van der Waals surface area contributed by atoms with Crippen LogP contribution in [0.2, 0.25) is 0 Å². The molecule has 0 aliphatic carbocycles. The molecule has 122 valence electrons. The second kappa shape index (κ2) is 9.26. The Kier molecular flexibility index (Phi) is 8.04. The number of carbonyl (C=O) groups excluding carboxylic acids is 2. The number of piperidine rings is 1. The van der Waals surface area contributed by atoms with Gasteiger partial charge in [-0.05, 0) is 45.2 Å². The fourth-order valence-electron chi connectivity index (χ4n) is 3.22. The highest BCUT2D eigenvalue weighted by Gasteiger charge is 2.26. The fourth-order valence-corrected chi connectivity index (χ4v) is 3.22. The van der Waals surface area contributed by atoms with E-state index < -0.39 is 0 Å². The van der Waals surface area contributed by atoms with Gasteiger partial charge in [-0.15, -0.1) is 12.4 Å². The lowest BCUT2D eigenvalue weighted by molar-refractivity contribution is -0.141. The minimum Gasteiger partial charge on any atom is -0.341 e. The number of rotatable bonds is 4. The first-order valence-electron chi connectivity index (χ1n) is 7.91. The van der Waals surface area contributed by atoms with E-state index in [-0.39, 0.29) is 30.8 Å². The van der Waals surface area contributed by atoms with Crippen molar-refractivity contribution < 1.29 is 9.59 Å². The number of amides is 2. The summed E-state index contributed by atoms with van der Waals surface area (Å²) in [5.74, 6) is 0.832. The second-order valence-electron chi connectivity index (χ2n) is 6.03. The van der Waals surface area contributed by atoms with E-state index in [9.17, 15) is 9.59 Å². The normalized spacial score (nSPS) is 23.5. The molecule has 0 bridgehead atoms. The van der Waals surface area contributed by atoms with Gasteiger partial charge in [0.25, 0.3) is 0 Å². The Morgan fingerprint density at radius 1 is 1.24 bits per heavy atom. The van der Waals surface area contributed by atoms with Crippen molar-refractivity contribution in [3.8, 4) is 0 Å². The average Bonchev–Trinajstić information content (AvgIpc) is 2.65. The molecule has 1 atom stereocenters. The molecule has 0 saturated carbocycles. The zero-order valence-electron chi connectivity index (χ0n) is 13.0. The van der Waals surface area contributed by atoms with E-state index in [1.807, 2.05) is 11.9 Å². The molecule has 2 aliphatic heterocycles. The van der Waals surface area contributed by atoms with Crippen LogP contribution in [0.1, 0.15) is 38.5 Å². The maximum atomic E-state index is 12.4. The molecule has 2 amide bonds. The van der Waals surface area contributed by atoms with Crippen LogP contribution in [0.15, 0.2) is 0 Å². The highest BCUT2D eigenvalue weighted by Crippen LogP contribution is 2.17. The van der Waals surface area contributed by atoms with E-state index in [0.717, 1.165) is 51.9 Å². The highest BCUT2D eigenvalue weighted by molar-refractivity contribution is 5.85. The van der Waals surface area contributed by atoms with Gasteiger partial charge in [0.1, 0.15) is 0 Å². The van der Waals surface area contributed by atoms with Crippen molar-refractivity contribution in [3.63, 3.8) is 0 Å². The number of nitrogens with zero attached hydrogens (tertiary/aromatic N) is 2. The molecule has 2 fully saturated rings. The largest absolute Gasteiger partial charge is 0.341 e. The van der Waals surface area contributed by atoms with Crippen LogP contribution in [0.5, 0.6) is 0 Å². The summed E-state index contributed by atoms with van der Waals surface area (Å²) in [5.41, 5.74) is 0. The molecule has 0 spiro atoms. The lowest BCUT2D eigenvalue weighted by Gasteiger charge is -2.34. The predicted molar refractivity (Wildman–Crippen MR) is 85.5 cm³/mol. The van der Waals surface area contributed by atoms with Crippen molar-refractivity contribution in [2.24, 2.45) is 5.92 Å². The van der Waals surface area contributed by atoms with Crippen LogP contribution in [0.4, 0.5) is 0 Å². The topological polar surface area (TPSA) is 52.7 Å². The molecule has 0 aromatic rings. The predicted octanol–water partition coefficient (Wildman–Crippen LogP) is 1.27. The van der Waals surface area contributed by atoms with E-state index >= 15 is 0 Å². The molecular formula is C15H28ClN3O2. The van der Waals surface area contributed by atoms with Crippen molar-refractivity contribution in [3.05, 3.63) is 0 Å². The SMILES string of the molecule is CNCC1CCCN(C(=O)CN2CCCCCC2=O)C1.Cl. The Morgan fingerprint density at radius 3 is 2.81 bits per heavy atom. The summed E-state index contributed by atoms with van der Waals surface area (Å²) in [5, 5.41) is 3.19. The lowest BCUT2D eigenvalue weighted by Crippen LogP contribution is -2.47. The standard InChI is InChI=1S/C15H27N3O2.ClH/c1-16-10-13-6-5-9-17(11-13)15(20)12-18-8-4-2-3-7-14(18)19;/h13,16H,2-12H2,1H3;1H.